The van der Waals surface area contributed by atoms with Crippen molar-refractivity contribution >= 4 is 28.3 Å². The molecule has 35 heavy (non-hydrogen) atoms. The van der Waals surface area contributed by atoms with E-state index in [0.29, 0.717) is 28.2 Å². The molecule has 0 spiro atoms. The first kappa shape index (κ1) is 22.6. The monoisotopic (exact) mass is 473 g/mol. The number of para-hydroxylation sites is 1. The van der Waals surface area contributed by atoms with Crippen molar-refractivity contribution in [1.82, 2.24) is 4.90 Å². The number of piperazine rings is 1. The van der Waals surface area contributed by atoms with Gasteiger partial charge >= 0.3 is 0 Å². The fourth-order valence-corrected chi connectivity index (χ4v) is 4.01. The van der Waals surface area contributed by atoms with Gasteiger partial charge in [0.15, 0.2) is 16.8 Å². The first-order chi connectivity index (χ1) is 17.0. The van der Waals surface area contributed by atoms with Gasteiger partial charge in [-0.3, -0.25) is 9.59 Å². The minimum Gasteiger partial charge on any atom is -0.457 e. The Balaban J connectivity index is 1.35. The van der Waals surface area contributed by atoms with Crippen molar-refractivity contribution in [2.45, 2.75) is 0 Å². The minimum absolute atomic E-state index is 0.0595. The van der Waals surface area contributed by atoms with Gasteiger partial charge in [0.25, 0.3) is 5.91 Å². The number of benzene rings is 3. The molecule has 0 bridgehead atoms. The standard InChI is InChI=1S/C27H24FN3O4/c1-30-13-15-31(16-14-30)23-4-2-3-22-24(32)17-25(35-26(22)23)27(33)29-19-7-11-21(12-8-19)34-20-9-5-18(28)6-10-20/h2-12,17H,13-16H2,1H3,(H,29,33). The van der Waals surface area contributed by atoms with E-state index >= 15 is 0 Å². The summed E-state index contributed by atoms with van der Waals surface area (Å²) in [6.07, 6.45) is 0. The third kappa shape index (κ3) is 5.02. The summed E-state index contributed by atoms with van der Waals surface area (Å²) >= 11 is 0. The Labute approximate surface area is 201 Å². The van der Waals surface area contributed by atoms with Gasteiger partial charge in [-0.05, 0) is 67.7 Å². The predicted molar refractivity (Wildman–Crippen MR) is 133 cm³/mol. The Hall–Kier alpha value is -4.17. The normalized spacial score (nSPS) is 14.2. The average Bonchev–Trinajstić information content (AvgIpc) is 2.87. The molecule has 1 aromatic heterocycles. The van der Waals surface area contributed by atoms with Gasteiger partial charge in [-0.2, -0.15) is 0 Å². The maximum Gasteiger partial charge on any atom is 0.291 e. The van der Waals surface area contributed by atoms with Gasteiger partial charge in [-0.25, -0.2) is 4.39 Å². The summed E-state index contributed by atoms with van der Waals surface area (Å²) < 4.78 is 24.7. The molecule has 1 fully saturated rings. The molecule has 0 saturated carbocycles. The molecule has 0 radical (unpaired) electrons. The Morgan fingerprint density at radius 2 is 1.60 bits per heavy atom. The number of hydrogen-bond donors (Lipinski definition) is 1. The number of carbonyl (C=O) groups is 1. The highest BCUT2D eigenvalue weighted by atomic mass is 19.1. The lowest BCUT2D eigenvalue weighted by molar-refractivity contribution is 0.0997. The van der Waals surface area contributed by atoms with Gasteiger partial charge in [0.1, 0.15) is 17.3 Å². The number of ether oxygens (including phenoxy) is 1. The molecule has 0 aliphatic carbocycles. The molecule has 0 atom stereocenters. The number of amides is 1. The van der Waals surface area contributed by atoms with Crippen LogP contribution in [0.1, 0.15) is 10.6 Å². The molecule has 4 aromatic rings. The van der Waals surface area contributed by atoms with Gasteiger partial charge < -0.3 is 24.3 Å². The molecule has 1 aliphatic heterocycles. The van der Waals surface area contributed by atoms with Gasteiger partial charge in [0.05, 0.1) is 11.1 Å². The number of halogens is 1. The number of carbonyl (C=O) groups excluding carboxylic acids is 1. The van der Waals surface area contributed by atoms with Crippen LogP contribution in [0.5, 0.6) is 11.5 Å². The lowest BCUT2D eigenvalue weighted by atomic mass is 10.1. The second kappa shape index (κ2) is 9.60. The maximum atomic E-state index is 13.1. The van der Waals surface area contributed by atoms with Crippen molar-refractivity contribution in [3.63, 3.8) is 0 Å². The van der Waals surface area contributed by atoms with E-state index in [1.807, 2.05) is 12.1 Å². The third-order valence-corrected chi connectivity index (χ3v) is 5.96. The molecule has 178 valence electrons. The number of rotatable bonds is 5. The van der Waals surface area contributed by atoms with Crippen LogP contribution < -0.4 is 20.4 Å². The molecular weight excluding hydrogens is 449 g/mol. The van der Waals surface area contributed by atoms with Crippen LogP contribution in [0.4, 0.5) is 15.8 Å². The zero-order chi connectivity index (χ0) is 24.4. The van der Waals surface area contributed by atoms with Crippen LogP contribution in [-0.2, 0) is 0 Å². The van der Waals surface area contributed by atoms with E-state index in [2.05, 4.69) is 22.2 Å². The molecule has 5 rings (SSSR count). The van der Waals surface area contributed by atoms with Crippen molar-refractivity contribution < 1.29 is 18.3 Å². The lowest BCUT2D eigenvalue weighted by Gasteiger charge is -2.34. The van der Waals surface area contributed by atoms with Gasteiger partial charge in [-0.15, -0.1) is 0 Å². The summed E-state index contributed by atoms with van der Waals surface area (Å²) in [6.45, 7) is 3.42. The molecule has 1 N–H and O–H groups in total. The fraction of sp³-hybridized carbons (Fsp3) is 0.185. The molecule has 8 heteroatoms. The summed E-state index contributed by atoms with van der Waals surface area (Å²) in [4.78, 5) is 30.1. The molecular formula is C27H24FN3O4. The van der Waals surface area contributed by atoms with Crippen molar-refractivity contribution in [2.24, 2.45) is 0 Å². The van der Waals surface area contributed by atoms with Crippen LogP contribution in [0.3, 0.4) is 0 Å². The Bertz CT molecular complexity index is 1410. The smallest absolute Gasteiger partial charge is 0.291 e. The topological polar surface area (TPSA) is 75.0 Å². The molecule has 0 unspecified atom stereocenters. The zero-order valence-corrected chi connectivity index (χ0v) is 19.2. The number of hydrogen-bond acceptors (Lipinski definition) is 6. The SMILES string of the molecule is CN1CCN(c2cccc3c(=O)cc(C(=O)Nc4ccc(Oc5ccc(F)cc5)cc4)oc23)CC1. The Morgan fingerprint density at radius 3 is 2.29 bits per heavy atom. The van der Waals surface area contributed by atoms with E-state index in [9.17, 15) is 14.0 Å². The summed E-state index contributed by atoms with van der Waals surface area (Å²) in [6, 6.07) is 19.1. The molecule has 1 aliphatic rings. The first-order valence-corrected chi connectivity index (χ1v) is 11.3. The third-order valence-electron chi connectivity index (χ3n) is 5.96. The number of nitrogens with zero attached hydrogens (tertiary/aromatic N) is 2. The fourth-order valence-electron chi connectivity index (χ4n) is 4.01. The van der Waals surface area contributed by atoms with Crippen molar-refractivity contribution in [3.8, 4) is 11.5 Å². The zero-order valence-electron chi connectivity index (χ0n) is 19.2. The van der Waals surface area contributed by atoms with Crippen LogP contribution in [0.25, 0.3) is 11.0 Å². The largest absolute Gasteiger partial charge is 0.457 e. The van der Waals surface area contributed by atoms with Gasteiger partial charge in [0, 0.05) is 37.9 Å². The quantitative estimate of drug-likeness (QED) is 0.452. The highest BCUT2D eigenvalue weighted by Gasteiger charge is 2.20. The number of likely N-dealkylation sites (N-methyl/N-ethyl adjacent to an activating group) is 1. The van der Waals surface area contributed by atoms with Crippen LogP contribution in [0.2, 0.25) is 0 Å². The summed E-state index contributed by atoms with van der Waals surface area (Å²) in [5.74, 6) is 0.104. The van der Waals surface area contributed by atoms with Crippen LogP contribution >= 0.6 is 0 Å². The van der Waals surface area contributed by atoms with E-state index in [4.69, 9.17) is 9.15 Å². The van der Waals surface area contributed by atoms with Crippen molar-refractivity contribution in [3.05, 3.63) is 94.6 Å². The second-order valence-corrected chi connectivity index (χ2v) is 8.45. The van der Waals surface area contributed by atoms with E-state index < -0.39 is 5.91 Å². The number of fused-ring (bicyclic) bond motifs is 1. The number of nitrogens with one attached hydrogen (secondary N) is 1. The van der Waals surface area contributed by atoms with E-state index in [1.165, 1.54) is 30.3 Å². The summed E-state index contributed by atoms with van der Waals surface area (Å²) in [5.41, 5.74) is 1.47. The predicted octanol–water partition coefficient (Wildman–Crippen LogP) is 4.73. The van der Waals surface area contributed by atoms with E-state index in [1.54, 1.807) is 30.3 Å². The van der Waals surface area contributed by atoms with Crippen LogP contribution in [-0.4, -0.2) is 44.0 Å². The average molecular weight is 474 g/mol. The highest BCUT2D eigenvalue weighted by Crippen LogP contribution is 2.28. The lowest BCUT2D eigenvalue weighted by Crippen LogP contribution is -2.44. The van der Waals surface area contributed by atoms with Crippen LogP contribution in [0.15, 0.2) is 82.0 Å². The van der Waals surface area contributed by atoms with Crippen LogP contribution in [0, 0.1) is 5.82 Å². The maximum absolute atomic E-state index is 13.1. The molecule has 1 amide bonds. The molecule has 2 heterocycles. The van der Waals surface area contributed by atoms with Gasteiger partial charge in [0.2, 0.25) is 0 Å². The summed E-state index contributed by atoms with van der Waals surface area (Å²) in [7, 11) is 2.07. The Kier molecular flexibility index (Phi) is 6.20. The highest BCUT2D eigenvalue weighted by molar-refractivity contribution is 6.03. The van der Waals surface area contributed by atoms with Gasteiger partial charge in [-0.1, -0.05) is 6.07 Å². The Morgan fingerprint density at radius 1 is 0.943 bits per heavy atom. The second-order valence-electron chi connectivity index (χ2n) is 8.45. The minimum atomic E-state index is -0.524. The van der Waals surface area contributed by atoms with E-state index in [-0.39, 0.29) is 17.0 Å². The summed E-state index contributed by atoms with van der Waals surface area (Å²) in [5, 5.41) is 3.20. The molecule has 1 saturated heterocycles. The number of anilines is 2. The first-order valence-electron chi connectivity index (χ1n) is 11.3. The molecule has 3 aromatic carbocycles. The molecule has 7 nitrogen and oxygen atoms in total. The van der Waals surface area contributed by atoms with E-state index in [0.717, 1.165) is 31.9 Å². The van der Waals surface area contributed by atoms with Crippen molar-refractivity contribution in [2.75, 3.05) is 43.4 Å². The van der Waals surface area contributed by atoms with Crippen molar-refractivity contribution in [1.29, 1.82) is 0 Å².